The summed E-state index contributed by atoms with van der Waals surface area (Å²) in [5, 5.41) is 2.97. The van der Waals surface area contributed by atoms with Gasteiger partial charge in [-0.2, -0.15) is 0 Å². The van der Waals surface area contributed by atoms with E-state index in [9.17, 15) is 9.59 Å². The summed E-state index contributed by atoms with van der Waals surface area (Å²) in [6.45, 7) is 8.11. The average molecular weight is 502 g/mol. The molecule has 0 unspecified atom stereocenters. The van der Waals surface area contributed by atoms with Gasteiger partial charge in [0.25, 0.3) is 11.5 Å². The maximum absolute atomic E-state index is 13.2. The topological polar surface area (TPSA) is 81.3 Å². The predicted molar refractivity (Wildman–Crippen MR) is 150 cm³/mol. The number of rotatable bonds is 8. The molecule has 0 saturated carbocycles. The quantitative estimate of drug-likeness (QED) is 0.476. The summed E-state index contributed by atoms with van der Waals surface area (Å²) in [5.41, 5.74) is 5.74. The van der Waals surface area contributed by atoms with E-state index < -0.39 is 0 Å². The number of carbonyl (C=O) groups excluding carboxylic acids is 1. The molecule has 7 heteroatoms. The molecule has 0 spiro atoms. The Labute approximate surface area is 219 Å². The Balaban J connectivity index is 1.47. The molecule has 2 aromatic heterocycles. The lowest BCUT2D eigenvalue weighted by atomic mass is 9.99. The van der Waals surface area contributed by atoms with Crippen molar-refractivity contribution in [3.8, 4) is 11.1 Å². The monoisotopic (exact) mass is 501 g/mol. The number of amides is 1. The molecule has 1 fully saturated rings. The van der Waals surface area contributed by atoms with Gasteiger partial charge in [-0.3, -0.25) is 9.59 Å². The summed E-state index contributed by atoms with van der Waals surface area (Å²) in [7, 11) is 4.30. The van der Waals surface area contributed by atoms with Gasteiger partial charge in [0.1, 0.15) is 5.82 Å². The van der Waals surface area contributed by atoms with Crippen LogP contribution in [-0.4, -0.2) is 54.0 Å². The molecule has 196 valence electrons. The number of benzene rings is 1. The fourth-order valence-corrected chi connectivity index (χ4v) is 5.14. The summed E-state index contributed by atoms with van der Waals surface area (Å²) in [4.78, 5) is 38.0. The van der Waals surface area contributed by atoms with Crippen molar-refractivity contribution in [1.29, 1.82) is 0 Å². The largest absolute Gasteiger partial charge is 0.357 e. The van der Waals surface area contributed by atoms with Crippen molar-refractivity contribution >= 4 is 11.7 Å². The van der Waals surface area contributed by atoms with Gasteiger partial charge in [-0.15, -0.1) is 0 Å². The summed E-state index contributed by atoms with van der Waals surface area (Å²) >= 11 is 0. The van der Waals surface area contributed by atoms with Crippen molar-refractivity contribution in [3.63, 3.8) is 0 Å². The molecule has 7 nitrogen and oxygen atoms in total. The minimum Gasteiger partial charge on any atom is -0.357 e. The molecule has 1 aromatic carbocycles. The van der Waals surface area contributed by atoms with Gasteiger partial charge in [-0.1, -0.05) is 25.5 Å². The van der Waals surface area contributed by atoms with Crippen LogP contribution in [0.5, 0.6) is 0 Å². The number of nitrogens with zero attached hydrogens (tertiary/aromatic N) is 3. The highest BCUT2D eigenvalue weighted by atomic mass is 16.1. The number of aromatic amines is 1. The Hall–Kier alpha value is -3.45. The zero-order chi connectivity index (χ0) is 26.5. The second-order valence-corrected chi connectivity index (χ2v) is 10.3. The maximum Gasteiger partial charge on any atom is 0.253 e. The molecule has 1 aliphatic rings. The highest BCUT2D eigenvalue weighted by Gasteiger charge is 2.21. The zero-order valence-corrected chi connectivity index (χ0v) is 22.7. The number of hydrogen-bond donors (Lipinski definition) is 2. The van der Waals surface area contributed by atoms with E-state index in [1.807, 2.05) is 44.3 Å². The van der Waals surface area contributed by atoms with Crippen LogP contribution < -0.4 is 15.8 Å². The van der Waals surface area contributed by atoms with Crippen molar-refractivity contribution in [2.24, 2.45) is 0 Å². The smallest absolute Gasteiger partial charge is 0.253 e. The van der Waals surface area contributed by atoms with Crippen molar-refractivity contribution in [2.45, 2.75) is 59.0 Å². The average Bonchev–Trinajstić information content (AvgIpc) is 2.88. The van der Waals surface area contributed by atoms with Gasteiger partial charge in [-0.05, 0) is 88.2 Å². The fourth-order valence-electron chi connectivity index (χ4n) is 5.14. The Morgan fingerprint density at radius 3 is 2.49 bits per heavy atom. The number of aromatic nitrogens is 2. The van der Waals surface area contributed by atoms with Crippen molar-refractivity contribution < 1.29 is 4.79 Å². The minimum absolute atomic E-state index is 0.133. The molecule has 0 aliphatic carbocycles. The SMILES string of the molecule is CCCc1cc(C)[nH]c(=O)c1CNC(=O)c1cc(-c2ccc(N3CCC(N(C)C)CC3)nc2)ccc1C. The lowest BCUT2D eigenvalue weighted by Gasteiger charge is -2.35. The predicted octanol–water partition coefficient (Wildman–Crippen LogP) is 4.47. The second-order valence-electron chi connectivity index (χ2n) is 10.3. The molecule has 1 aliphatic heterocycles. The third-order valence-electron chi connectivity index (χ3n) is 7.39. The Bertz CT molecular complexity index is 1290. The molecular formula is C30H39N5O2. The Morgan fingerprint density at radius 1 is 1.11 bits per heavy atom. The first-order valence-electron chi connectivity index (χ1n) is 13.2. The summed E-state index contributed by atoms with van der Waals surface area (Å²) in [6, 6.07) is 12.7. The normalized spacial score (nSPS) is 14.3. The van der Waals surface area contributed by atoms with Crippen molar-refractivity contribution in [3.05, 3.63) is 80.9 Å². The number of aryl methyl sites for hydroxylation is 3. The first-order chi connectivity index (χ1) is 17.8. The fraction of sp³-hybridized carbons (Fsp3) is 0.433. The van der Waals surface area contributed by atoms with Gasteiger partial charge in [-0.25, -0.2) is 4.98 Å². The number of anilines is 1. The highest BCUT2D eigenvalue weighted by Crippen LogP contribution is 2.25. The molecule has 3 aromatic rings. The van der Waals surface area contributed by atoms with Crippen molar-refractivity contribution in [2.75, 3.05) is 32.1 Å². The van der Waals surface area contributed by atoms with E-state index in [1.54, 1.807) is 0 Å². The summed E-state index contributed by atoms with van der Waals surface area (Å²) < 4.78 is 0. The Morgan fingerprint density at radius 2 is 1.84 bits per heavy atom. The standard InChI is InChI=1S/C30H39N5O2/c1-6-7-23-16-21(3)33-30(37)27(23)19-32-29(36)26-17-22(9-8-20(26)2)24-10-11-28(31-18-24)35-14-12-25(13-15-35)34(4)5/h8-11,16-18,25H,6-7,12-15,19H2,1-5H3,(H,32,36)(H,33,37). The first-order valence-corrected chi connectivity index (χ1v) is 13.2. The molecule has 3 heterocycles. The van der Waals surface area contributed by atoms with Gasteiger partial charge >= 0.3 is 0 Å². The number of pyridine rings is 2. The van der Waals surface area contributed by atoms with Gasteiger partial charge in [0.15, 0.2) is 0 Å². The molecule has 1 saturated heterocycles. The number of piperidine rings is 1. The third kappa shape index (κ3) is 6.28. The van der Waals surface area contributed by atoms with E-state index in [0.717, 1.165) is 72.5 Å². The summed E-state index contributed by atoms with van der Waals surface area (Å²) in [6.07, 6.45) is 5.92. The number of H-pyrrole nitrogens is 1. The molecule has 1 amide bonds. The van der Waals surface area contributed by atoms with Crippen LogP contribution in [0, 0.1) is 13.8 Å². The molecule has 0 bridgehead atoms. The van der Waals surface area contributed by atoms with Crippen LogP contribution >= 0.6 is 0 Å². The van der Waals surface area contributed by atoms with Crippen molar-refractivity contribution in [1.82, 2.24) is 20.2 Å². The molecular weight excluding hydrogens is 462 g/mol. The van der Waals surface area contributed by atoms with E-state index >= 15 is 0 Å². The number of nitrogens with one attached hydrogen (secondary N) is 2. The third-order valence-corrected chi connectivity index (χ3v) is 7.39. The van der Waals surface area contributed by atoms with Crippen LogP contribution in [0.25, 0.3) is 11.1 Å². The van der Waals surface area contributed by atoms with E-state index in [1.165, 1.54) is 0 Å². The molecule has 37 heavy (non-hydrogen) atoms. The molecule has 0 atom stereocenters. The van der Waals surface area contributed by atoms with Gasteiger partial charge in [0.05, 0.1) is 0 Å². The zero-order valence-electron chi connectivity index (χ0n) is 22.7. The number of hydrogen-bond acceptors (Lipinski definition) is 5. The van der Waals surface area contributed by atoms with Crippen LogP contribution in [-0.2, 0) is 13.0 Å². The van der Waals surface area contributed by atoms with E-state index in [2.05, 4.69) is 53.3 Å². The number of carbonyl (C=O) groups is 1. The lowest BCUT2D eigenvalue weighted by molar-refractivity contribution is 0.0950. The molecule has 0 radical (unpaired) electrons. The van der Waals surface area contributed by atoms with E-state index in [-0.39, 0.29) is 18.0 Å². The molecule has 2 N–H and O–H groups in total. The van der Waals surface area contributed by atoms with Gasteiger partial charge < -0.3 is 20.1 Å². The van der Waals surface area contributed by atoms with Crippen LogP contribution in [0.4, 0.5) is 5.82 Å². The lowest BCUT2D eigenvalue weighted by Crippen LogP contribution is -2.42. The van der Waals surface area contributed by atoms with Crippen LogP contribution in [0.15, 0.2) is 47.4 Å². The van der Waals surface area contributed by atoms with Gasteiger partial charge in [0, 0.05) is 54.3 Å². The van der Waals surface area contributed by atoms with E-state index in [0.29, 0.717) is 17.2 Å². The van der Waals surface area contributed by atoms with E-state index in [4.69, 9.17) is 4.98 Å². The van der Waals surface area contributed by atoms with Crippen LogP contribution in [0.2, 0.25) is 0 Å². The summed E-state index contributed by atoms with van der Waals surface area (Å²) in [5.74, 6) is 0.812. The first kappa shape index (κ1) is 26.6. The van der Waals surface area contributed by atoms with Gasteiger partial charge in [0.2, 0.25) is 0 Å². The minimum atomic E-state index is -0.185. The van der Waals surface area contributed by atoms with Crippen LogP contribution in [0.1, 0.15) is 58.9 Å². The second kappa shape index (κ2) is 11.7. The Kier molecular flexibility index (Phi) is 8.44. The van der Waals surface area contributed by atoms with Crippen LogP contribution in [0.3, 0.4) is 0 Å². The maximum atomic E-state index is 13.2. The molecule has 4 rings (SSSR count). The highest BCUT2D eigenvalue weighted by molar-refractivity contribution is 5.96.